The van der Waals surface area contributed by atoms with Crippen LogP contribution in [0.2, 0.25) is 0 Å². The largest absolute Gasteiger partial charge is 0.393 e. The summed E-state index contributed by atoms with van der Waals surface area (Å²) in [6.45, 7) is 0. The number of nitrogens with two attached hydrogens (primary N) is 1. The van der Waals surface area contributed by atoms with Crippen molar-refractivity contribution in [1.82, 2.24) is 5.16 Å². The van der Waals surface area contributed by atoms with Crippen LogP contribution in [0.15, 0.2) is 33.3 Å². The Hall–Kier alpha value is -2.13. The Morgan fingerprint density at radius 2 is 2.06 bits per heavy atom. The zero-order valence-electron chi connectivity index (χ0n) is 8.48. The Kier molecular flexibility index (Phi) is 2.93. The third kappa shape index (κ3) is 2.05. The second-order valence-electron chi connectivity index (χ2n) is 3.22. The van der Waals surface area contributed by atoms with Gasteiger partial charge in [-0.1, -0.05) is 21.1 Å². The standard InChI is InChI=1S/C11H6BrN3O2/c12-7-3-1-6(2-4-7)10(16)11-9(14)8(5-13)15-17-11/h1-4H,14H2. The van der Waals surface area contributed by atoms with Crippen LogP contribution in [0.1, 0.15) is 21.8 Å². The maximum Gasteiger partial charge on any atom is 0.233 e. The number of ketones is 1. The van der Waals surface area contributed by atoms with Gasteiger partial charge in [-0.2, -0.15) is 5.26 Å². The summed E-state index contributed by atoms with van der Waals surface area (Å²) in [6.07, 6.45) is 0. The van der Waals surface area contributed by atoms with Gasteiger partial charge in [0, 0.05) is 10.0 Å². The molecule has 2 rings (SSSR count). The van der Waals surface area contributed by atoms with Crippen molar-refractivity contribution in [3.8, 4) is 6.07 Å². The van der Waals surface area contributed by atoms with Gasteiger partial charge in [0.2, 0.25) is 17.2 Å². The smallest absolute Gasteiger partial charge is 0.233 e. The number of benzene rings is 1. The van der Waals surface area contributed by atoms with Crippen LogP contribution in [0, 0.1) is 11.3 Å². The number of carbonyl (C=O) groups excluding carboxylic acids is 1. The van der Waals surface area contributed by atoms with Gasteiger partial charge in [0.25, 0.3) is 0 Å². The molecule has 0 aliphatic heterocycles. The van der Waals surface area contributed by atoms with Gasteiger partial charge < -0.3 is 10.3 Å². The summed E-state index contributed by atoms with van der Waals surface area (Å²) in [7, 11) is 0. The highest BCUT2D eigenvalue weighted by atomic mass is 79.9. The molecule has 0 saturated heterocycles. The second kappa shape index (κ2) is 4.39. The van der Waals surface area contributed by atoms with Gasteiger partial charge in [-0.25, -0.2) is 0 Å². The molecular weight excluding hydrogens is 286 g/mol. The summed E-state index contributed by atoms with van der Waals surface area (Å²) in [6, 6.07) is 8.45. The number of anilines is 1. The molecule has 6 heteroatoms. The van der Waals surface area contributed by atoms with E-state index in [1.165, 1.54) is 0 Å². The van der Waals surface area contributed by atoms with Crippen LogP contribution in [0.25, 0.3) is 0 Å². The molecule has 0 amide bonds. The summed E-state index contributed by atoms with van der Waals surface area (Å²) in [5.74, 6) is -0.507. The first-order valence-corrected chi connectivity index (χ1v) is 5.38. The molecule has 1 aromatic heterocycles. The normalized spacial score (nSPS) is 9.88. The number of aromatic nitrogens is 1. The number of hydrogen-bond donors (Lipinski definition) is 1. The van der Waals surface area contributed by atoms with Crippen LogP contribution in [0.4, 0.5) is 5.69 Å². The fourth-order valence-corrected chi connectivity index (χ4v) is 1.54. The van der Waals surface area contributed by atoms with E-state index in [-0.39, 0.29) is 17.1 Å². The first-order valence-electron chi connectivity index (χ1n) is 4.59. The van der Waals surface area contributed by atoms with E-state index in [1.807, 2.05) is 0 Å². The molecule has 2 N–H and O–H groups in total. The summed E-state index contributed by atoms with van der Waals surface area (Å²) in [5, 5.41) is 12.1. The lowest BCUT2D eigenvalue weighted by molar-refractivity contribution is 0.100. The topological polar surface area (TPSA) is 92.9 Å². The zero-order valence-corrected chi connectivity index (χ0v) is 10.1. The summed E-state index contributed by atoms with van der Waals surface area (Å²) in [4.78, 5) is 12.0. The molecule has 0 spiro atoms. The fourth-order valence-electron chi connectivity index (χ4n) is 1.27. The fraction of sp³-hybridized carbons (Fsp3) is 0. The molecule has 1 aromatic carbocycles. The molecule has 0 atom stereocenters. The summed E-state index contributed by atoms with van der Waals surface area (Å²) < 4.78 is 5.63. The minimum atomic E-state index is -0.399. The van der Waals surface area contributed by atoms with Crippen molar-refractivity contribution in [3.05, 3.63) is 45.8 Å². The van der Waals surface area contributed by atoms with Crippen LogP contribution in [0.5, 0.6) is 0 Å². The van der Waals surface area contributed by atoms with E-state index in [9.17, 15) is 4.79 Å². The van der Waals surface area contributed by atoms with E-state index in [2.05, 4.69) is 21.1 Å². The van der Waals surface area contributed by atoms with Gasteiger partial charge in [0.05, 0.1) is 0 Å². The van der Waals surface area contributed by atoms with Gasteiger partial charge in [-0.05, 0) is 24.3 Å². The van der Waals surface area contributed by atoms with E-state index < -0.39 is 5.78 Å². The predicted octanol–water partition coefficient (Wildman–Crippen LogP) is 2.12. The second-order valence-corrected chi connectivity index (χ2v) is 4.14. The van der Waals surface area contributed by atoms with Crippen LogP contribution < -0.4 is 5.73 Å². The SMILES string of the molecule is N#Cc1noc(C(=O)c2ccc(Br)cc2)c1N. The Morgan fingerprint density at radius 1 is 1.41 bits per heavy atom. The maximum atomic E-state index is 12.0. The van der Waals surface area contributed by atoms with Crippen LogP contribution >= 0.6 is 15.9 Å². The zero-order chi connectivity index (χ0) is 12.4. The quantitative estimate of drug-likeness (QED) is 0.856. The van der Waals surface area contributed by atoms with Crippen molar-refractivity contribution < 1.29 is 9.32 Å². The number of nitriles is 1. The Bertz CT molecular complexity index is 611. The highest BCUT2D eigenvalue weighted by Gasteiger charge is 2.21. The van der Waals surface area contributed by atoms with Crippen LogP contribution in [-0.2, 0) is 0 Å². The molecule has 0 radical (unpaired) electrons. The molecular formula is C11H6BrN3O2. The van der Waals surface area contributed by atoms with Gasteiger partial charge in [-0.3, -0.25) is 4.79 Å². The van der Waals surface area contributed by atoms with Gasteiger partial charge in [0.15, 0.2) is 0 Å². The number of rotatable bonds is 2. The van der Waals surface area contributed by atoms with Crippen molar-refractivity contribution in [1.29, 1.82) is 5.26 Å². The third-order valence-corrected chi connectivity index (χ3v) is 2.68. The summed E-state index contributed by atoms with van der Waals surface area (Å²) in [5.41, 5.74) is 5.88. The lowest BCUT2D eigenvalue weighted by atomic mass is 10.1. The first-order chi connectivity index (χ1) is 8.13. The molecule has 5 nitrogen and oxygen atoms in total. The van der Waals surface area contributed by atoms with Crippen molar-refractivity contribution in [2.45, 2.75) is 0 Å². The molecule has 0 unspecified atom stereocenters. The van der Waals surface area contributed by atoms with E-state index in [0.717, 1.165) is 4.47 Å². The van der Waals surface area contributed by atoms with Crippen molar-refractivity contribution in [3.63, 3.8) is 0 Å². The van der Waals surface area contributed by atoms with Crippen molar-refractivity contribution >= 4 is 27.4 Å². The first kappa shape index (κ1) is 11.4. The number of nitrogens with zero attached hydrogens (tertiary/aromatic N) is 2. The van der Waals surface area contributed by atoms with E-state index >= 15 is 0 Å². The Labute approximate surface area is 105 Å². The molecule has 17 heavy (non-hydrogen) atoms. The predicted molar refractivity (Wildman–Crippen MR) is 63.2 cm³/mol. The molecule has 0 fully saturated rings. The molecule has 0 saturated carbocycles. The monoisotopic (exact) mass is 291 g/mol. The molecule has 84 valence electrons. The molecule has 0 aliphatic carbocycles. The number of carbonyl (C=O) groups is 1. The highest BCUT2D eigenvalue weighted by molar-refractivity contribution is 9.10. The van der Waals surface area contributed by atoms with Crippen molar-refractivity contribution in [2.24, 2.45) is 0 Å². The van der Waals surface area contributed by atoms with Crippen LogP contribution in [0.3, 0.4) is 0 Å². The van der Waals surface area contributed by atoms with Gasteiger partial charge >= 0.3 is 0 Å². The highest BCUT2D eigenvalue weighted by Crippen LogP contribution is 2.20. The Balaban J connectivity index is 2.41. The van der Waals surface area contributed by atoms with Crippen molar-refractivity contribution in [2.75, 3.05) is 5.73 Å². The average Bonchev–Trinajstić information content (AvgIpc) is 2.70. The lowest BCUT2D eigenvalue weighted by Gasteiger charge is -1.97. The average molecular weight is 292 g/mol. The van der Waals surface area contributed by atoms with Gasteiger partial charge in [0.1, 0.15) is 11.8 Å². The number of nitrogen functional groups attached to an aromatic ring is 1. The van der Waals surface area contributed by atoms with Crippen LogP contribution in [-0.4, -0.2) is 10.9 Å². The molecule has 1 heterocycles. The van der Waals surface area contributed by atoms with E-state index in [4.69, 9.17) is 15.5 Å². The minimum absolute atomic E-state index is 0.0274. The Morgan fingerprint density at radius 3 is 2.59 bits per heavy atom. The maximum absolute atomic E-state index is 12.0. The van der Waals surface area contributed by atoms with Gasteiger partial charge in [-0.15, -0.1) is 0 Å². The van der Waals surface area contributed by atoms with E-state index in [1.54, 1.807) is 30.3 Å². The summed E-state index contributed by atoms with van der Waals surface area (Å²) >= 11 is 3.27. The minimum Gasteiger partial charge on any atom is -0.393 e. The number of hydrogen-bond acceptors (Lipinski definition) is 5. The number of halogens is 1. The van der Waals surface area contributed by atoms with E-state index in [0.29, 0.717) is 5.56 Å². The molecule has 0 aliphatic rings. The third-order valence-electron chi connectivity index (χ3n) is 2.15. The molecule has 2 aromatic rings. The molecule has 0 bridgehead atoms. The lowest BCUT2D eigenvalue weighted by Crippen LogP contribution is -2.03.